The number of nitrogens with zero attached hydrogens (tertiary/aromatic N) is 1. The van der Waals surface area contributed by atoms with Crippen molar-refractivity contribution >= 4 is 28.9 Å². The molecule has 0 amide bonds. The number of anilines is 1. The Morgan fingerprint density at radius 3 is 2.73 bits per heavy atom. The first-order chi connectivity index (χ1) is 4.38. The van der Waals surface area contributed by atoms with E-state index in [2.05, 4.69) is 4.37 Å². The van der Waals surface area contributed by atoms with Crippen LogP contribution in [0.15, 0.2) is 0 Å². The summed E-state index contributed by atoms with van der Waals surface area (Å²) in [6, 6.07) is 0. The molecule has 0 atom stereocenters. The number of nitrogens with two attached hydrogens (primary N) is 1. The molecule has 3 nitrogen and oxygen atoms in total. The lowest BCUT2D eigenvalue weighted by Crippen LogP contribution is -1.84. The van der Waals surface area contributed by atoms with Crippen LogP contribution in [0.3, 0.4) is 0 Å². The summed E-state index contributed by atoms with van der Waals surface area (Å²) >= 11 is 1.43. The summed E-state index contributed by atoms with van der Waals surface area (Å²) in [6.45, 7) is 0. The minimum absolute atomic E-state index is 0. The quantitative estimate of drug-likeness (QED) is 0.664. The zero-order valence-corrected chi connectivity index (χ0v) is 7.60. The third-order valence-electron chi connectivity index (χ3n) is 1.74. The summed E-state index contributed by atoms with van der Waals surface area (Å²) < 4.78 is 4.21. The third kappa shape index (κ3) is 1.64. The van der Waals surface area contributed by atoms with Crippen molar-refractivity contribution in [2.45, 2.75) is 19.3 Å². The summed E-state index contributed by atoms with van der Waals surface area (Å²) in [7, 11) is 0. The van der Waals surface area contributed by atoms with Gasteiger partial charge < -0.3 is 11.2 Å². The van der Waals surface area contributed by atoms with E-state index in [0.717, 1.165) is 17.8 Å². The topological polar surface area (TPSA) is 70.4 Å². The second kappa shape index (κ2) is 3.90. The number of halogens is 1. The molecule has 64 valence electrons. The summed E-state index contributed by atoms with van der Waals surface area (Å²) in [5, 5.41) is 0.933. The smallest absolute Gasteiger partial charge is 0.110 e. The zero-order valence-electron chi connectivity index (χ0n) is 5.96. The zero-order chi connectivity index (χ0) is 6.27. The molecule has 5 heteroatoms. The maximum absolute atomic E-state index is 5.65. The van der Waals surface area contributed by atoms with E-state index in [1.165, 1.54) is 29.2 Å². The Bertz CT molecular complexity index is 238. The van der Waals surface area contributed by atoms with Crippen molar-refractivity contribution < 1.29 is 5.48 Å². The Balaban J connectivity index is 0.000000500. The van der Waals surface area contributed by atoms with Gasteiger partial charge in [-0.05, 0) is 30.8 Å². The van der Waals surface area contributed by atoms with Crippen molar-refractivity contribution in [2.24, 2.45) is 0 Å². The van der Waals surface area contributed by atoms with Gasteiger partial charge in [-0.3, -0.25) is 0 Å². The van der Waals surface area contributed by atoms with Gasteiger partial charge in [-0.25, -0.2) is 0 Å². The van der Waals surface area contributed by atoms with E-state index in [0.29, 0.717) is 0 Å². The van der Waals surface area contributed by atoms with Gasteiger partial charge in [0, 0.05) is 5.56 Å². The van der Waals surface area contributed by atoms with Crippen LogP contribution >= 0.6 is 23.9 Å². The molecule has 4 N–H and O–H groups in total. The van der Waals surface area contributed by atoms with E-state index in [9.17, 15) is 0 Å². The second-order valence-corrected chi connectivity index (χ2v) is 3.13. The Morgan fingerprint density at radius 2 is 2.09 bits per heavy atom. The minimum atomic E-state index is 0. The maximum Gasteiger partial charge on any atom is 0.110 e. The Hall–Kier alpha value is -0.320. The average Bonchev–Trinajstić information content (AvgIpc) is 2.35. The molecule has 0 spiro atoms. The molecule has 2 rings (SSSR count). The highest BCUT2D eigenvalue weighted by Gasteiger charge is 2.16. The summed E-state index contributed by atoms with van der Waals surface area (Å²) in [6.07, 6.45) is 3.54. The first-order valence-electron chi connectivity index (χ1n) is 3.11. The number of hydrogen-bond donors (Lipinski definition) is 1. The van der Waals surface area contributed by atoms with Gasteiger partial charge in [-0.2, -0.15) is 4.37 Å². The lowest BCUT2D eigenvalue weighted by Gasteiger charge is -1.85. The Labute approximate surface area is 75.5 Å². The minimum Gasteiger partial charge on any atom is -0.412 e. The van der Waals surface area contributed by atoms with E-state index < -0.39 is 0 Å². The van der Waals surface area contributed by atoms with Gasteiger partial charge in [-0.15, -0.1) is 12.4 Å². The molecule has 0 aliphatic heterocycles. The Kier molecular flexibility index (Phi) is 3.78. The summed E-state index contributed by atoms with van der Waals surface area (Å²) in [5.74, 6) is 0. The molecule has 0 saturated carbocycles. The molecular formula is C6H11ClN2OS. The summed E-state index contributed by atoms with van der Waals surface area (Å²) in [5.41, 5.74) is 8.22. The number of rotatable bonds is 0. The molecular weight excluding hydrogens is 184 g/mol. The highest BCUT2D eigenvalue weighted by molar-refractivity contribution is 7.10. The van der Waals surface area contributed by atoms with Gasteiger partial charge in [0.2, 0.25) is 0 Å². The molecule has 0 radical (unpaired) electrons. The van der Waals surface area contributed by atoms with E-state index in [-0.39, 0.29) is 17.9 Å². The SMILES string of the molecule is Cl.Nc1snc2c1CCC2.O. The first-order valence-corrected chi connectivity index (χ1v) is 3.88. The molecule has 0 fully saturated rings. The van der Waals surface area contributed by atoms with Crippen LogP contribution < -0.4 is 5.73 Å². The van der Waals surface area contributed by atoms with Crippen LogP contribution in [0.5, 0.6) is 0 Å². The van der Waals surface area contributed by atoms with E-state index in [4.69, 9.17) is 5.73 Å². The summed E-state index contributed by atoms with van der Waals surface area (Å²) in [4.78, 5) is 0. The van der Waals surface area contributed by atoms with Crippen LogP contribution in [0, 0.1) is 0 Å². The standard InChI is InChI=1S/C6H8N2S.ClH.H2O/c7-6-4-2-1-3-5(4)8-9-6;;/h1-3,7H2;1H;1H2. The van der Waals surface area contributed by atoms with Crippen molar-refractivity contribution in [3.63, 3.8) is 0 Å². The lowest BCUT2D eigenvalue weighted by atomic mass is 10.3. The van der Waals surface area contributed by atoms with E-state index in [1.807, 2.05) is 0 Å². The highest BCUT2D eigenvalue weighted by atomic mass is 35.5. The second-order valence-electron chi connectivity index (χ2n) is 2.33. The number of hydrogen-bond acceptors (Lipinski definition) is 3. The molecule has 1 aromatic heterocycles. The van der Waals surface area contributed by atoms with Gasteiger partial charge in [0.05, 0.1) is 5.69 Å². The molecule has 0 unspecified atom stereocenters. The monoisotopic (exact) mass is 194 g/mol. The van der Waals surface area contributed by atoms with Crippen molar-refractivity contribution in [3.8, 4) is 0 Å². The molecule has 0 saturated heterocycles. The van der Waals surface area contributed by atoms with Crippen LogP contribution in [-0.2, 0) is 12.8 Å². The van der Waals surface area contributed by atoms with Gasteiger partial charge in [0.25, 0.3) is 0 Å². The lowest BCUT2D eigenvalue weighted by molar-refractivity contribution is 0.824. The predicted molar refractivity (Wildman–Crippen MR) is 49.4 cm³/mol. The fraction of sp³-hybridized carbons (Fsp3) is 0.500. The van der Waals surface area contributed by atoms with Gasteiger partial charge >= 0.3 is 0 Å². The van der Waals surface area contributed by atoms with Crippen molar-refractivity contribution in [2.75, 3.05) is 5.73 Å². The van der Waals surface area contributed by atoms with E-state index >= 15 is 0 Å². The molecule has 1 aromatic rings. The molecule has 1 aliphatic rings. The van der Waals surface area contributed by atoms with Gasteiger partial charge in [0.1, 0.15) is 5.00 Å². The first kappa shape index (κ1) is 10.7. The fourth-order valence-corrected chi connectivity index (χ4v) is 1.99. The number of nitrogen functional groups attached to an aromatic ring is 1. The van der Waals surface area contributed by atoms with Crippen molar-refractivity contribution in [3.05, 3.63) is 11.3 Å². The highest BCUT2D eigenvalue weighted by Crippen LogP contribution is 2.29. The molecule has 1 aliphatic carbocycles. The molecule has 11 heavy (non-hydrogen) atoms. The van der Waals surface area contributed by atoms with Crippen LogP contribution in [0.4, 0.5) is 5.00 Å². The van der Waals surface area contributed by atoms with Crippen LogP contribution in [0.2, 0.25) is 0 Å². The predicted octanol–water partition coefficient (Wildman–Crippen LogP) is 0.811. The van der Waals surface area contributed by atoms with Gasteiger partial charge in [0.15, 0.2) is 0 Å². The fourth-order valence-electron chi connectivity index (χ4n) is 1.25. The van der Waals surface area contributed by atoms with Crippen molar-refractivity contribution in [1.82, 2.24) is 4.37 Å². The molecule has 0 bridgehead atoms. The molecule has 1 heterocycles. The number of aromatic nitrogens is 1. The van der Waals surface area contributed by atoms with E-state index in [1.54, 1.807) is 0 Å². The van der Waals surface area contributed by atoms with Crippen LogP contribution in [0.1, 0.15) is 17.7 Å². The van der Waals surface area contributed by atoms with Crippen LogP contribution in [-0.4, -0.2) is 9.85 Å². The Morgan fingerprint density at radius 1 is 1.36 bits per heavy atom. The number of fused-ring (bicyclic) bond motifs is 1. The molecule has 0 aromatic carbocycles. The normalized spacial score (nSPS) is 13.1. The average molecular weight is 195 g/mol. The maximum atomic E-state index is 5.65. The number of aryl methyl sites for hydroxylation is 1. The third-order valence-corrected chi connectivity index (χ3v) is 2.50. The van der Waals surface area contributed by atoms with Crippen LogP contribution in [0.25, 0.3) is 0 Å². The van der Waals surface area contributed by atoms with Gasteiger partial charge in [-0.1, -0.05) is 0 Å². The largest absolute Gasteiger partial charge is 0.412 e. The van der Waals surface area contributed by atoms with Crippen molar-refractivity contribution in [1.29, 1.82) is 0 Å².